The van der Waals surface area contributed by atoms with Gasteiger partial charge in [0.25, 0.3) is 11.6 Å². The van der Waals surface area contributed by atoms with Crippen LogP contribution >= 0.6 is 0 Å². The molecule has 0 aliphatic rings. The number of nitrogens with one attached hydrogen (secondary N) is 2. The van der Waals surface area contributed by atoms with Crippen molar-refractivity contribution in [2.75, 3.05) is 12.4 Å². The predicted octanol–water partition coefficient (Wildman–Crippen LogP) is 2.34. The molecule has 7 nitrogen and oxygen atoms in total. The van der Waals surface area contributed by atoms with Gasteiger partial charge in [0, 0.05) is 18.7 Å². The number of pyridine rings is 1. The van der Waals surface area contributed by atoms with Crippen molar-refractivity contribution in [1.82, 2.24) is 10.3 Å². The fraction of sp³-hybridized carbons (Fsp3) is 0.538. The molecular formula is C13H20N4O3. The van der Waals surface area contributed by atoms with Gasteiger partial charge in [-0.1, -0.05) is 13.3 Å². The van der Waals surface area contributed by atoms with Gasteiger partial charge in [-0.3, -0.25) is 14.9 Å². The van der Waals surface area contributed by atoms with Crippen LogP contribution < -0.4 is 10.6 Å². The van der Waals surface area contributed by atoms with Crippen LogP contribution in [-0.2, 0) is 0 Å². The van der Waals surface area contributed by atoms with E-state index in [-0.39, 0.29) is 22.7 Å². The van der Waals surface area contributed by atoms with Gasteiger partial charge in [0.15, 0.2) is 0 Å². The van der Waals surface area contributed by atoms with Crippen LogP contribution in [0.2, 0.25) is 0 Å². The molecule has 1 aromatic rings. The van der Waals surface area contributed by atoms with Crippen LogP contribution in [-0.4, -0.2) is 28.4 Å². The molecule has 0 fully saturated rings. The van der Waals surface area contributed by atoms with Gasteiger partial charge in [-0.05, 0) is 20.3 Å². The highest BCUT2D eigenvalue weighted by Gasteiger charge is 2.23. The largest absolute Gasteiger partial charge is 0.372 e. The van der Waals surface area contributed by atoms with E-state index in [2.05, 4.69) is 15.6 Å². The van der Waals surface area contributed by atoms with Gasteiger partial charge in [0.2, 0.25) is 0 Å². The summed E-state index contributed by atoms with van der Waals surface area (Å²) >= 11 is 0. The van der Waals surface area contributed by atoms with Gasteiger partial charge >= 0.3 is 0 Å². The third kappa shape index (κ3) is 3.91. The van der Waals surface area contributed by atoms with Crippen molar-refractivity contribution in [3.05, 3.63) is 27.9 Å². The molecule has 0 saturated carbocycles. The van der Waals surface area contributed by atoms with Crippen LogP contribution in [0.5, 0.6) is 0 Å². The Bertz CT molecular complexity index is 514. The number of nitrogens with zero attached hydrogens (tertiary/aromatic N) is 2. The average molecular weight is 280 g/mol. The molecule has 110 valence electrons. The topological polar surface area (TPSA) is 97.2 Å². The van der Waals surface area contributed by atoms with Crippen LogP contribution in [0.3, 0.4) is 0 Å². The van der Waals surface area contributed by atoms with Crippen molar-refractivity contribution in [1.29, 1.82) is 0 Å². The Labute approximate surface area is 117 Å². The predicted molar refractivity (Wildman–Crippen MR) is 76.9 cm³/mol. The zero-order valence-electron chi connectivity index (χ0n) is 12.2. The van der Waals surface area contributed by atoms with Crippen LogP contribution in [0.1, 0.15) is 44.0 Å². The minimum absolute atomic E-state index is 0.172. The molecular weight excluding hydrogens is 260 g/mol. The van der Waals surface area contributed by atoms with Crippen molar-refractivity contribution in [2.24, 2.45) is 0 Å². The van der Waals surface area contributed by atoms with Crippen molar-refractivity contribution in [3.8, 4) is 0 Å². The van der Waals surface area contributed by atoms with E-state index in [1.807, 2.05) is 20.8 Å². The van der Waals surface area contributed by atoms with E-state index in [1.165, 1.54) is 6.07 Å². The standard InChI is InChI=1S/C13H20N4O3/c1-5-6-13(2,3)16-12(18)10-7-9(17(19)20)8-15-11(10)14-4/h7-8H,5-6H2,1-4H3,(H,14,15)(H,16,18). The highest BCUT2D eigenvalue weighted by molar-refractivity contribution is 5.99. The first-order valence-electron chi connectivity index (χ1n) is 6.45. The number of hydrogen-bond donors (Lipinski definition) is 2. The summed E-state index contributed by atoms with van der Waals surface area (Å²) in [6, 6.07) is 1.23. The molecule has 1 amide bonds. The number of carbonyl (C=O) groups excluding carboxylic acids is 1. The van der Waals surface area contributed by atoms with E-state index in [1.54, 1.807) is 7.05 Å². The fourth-order valence-electron chi connectivity index (χ4n) is 1.99. The Hall–Kier alpha value is -2.18. The number of aromatic nitrogens is 1. The van der Waals surface area contributed by atoms with E-state index in [0.29, 0.717) is 5.82 Å². The van der Waals surface area contributed by atoms with Gasteiger partial charge in [-0.25, -0.2) is 4.98 Å². The second-order valence-corrected chi connectivity index (χ2v) is 5.18. The smallest absolute Gasteiger partial charge is 0.288 e. The Kier molecular flexibility index (Phi) is 5.01. The normalized spacial score (nSPS) is 11.0. The van der Waals surface area contributed by atoms with E-state index in [9.17, 15) is 14.9 Å². The molecule has 1 aromatic heterocycles. The first-order valence-corrected chi connectivity index (χ1v) is 6.45. The van der Waals surface area contributed by atoms with Crippen LogP contribution in [0.25, 0.3) is 0 Å². The summed E-state index contributed by atoms with van der Waals surface area (Å²) in [5.41, 5.74) is -0.408. The van der Waals surface area contributed by atoms with Gasteiger partial charge in [-0.2, -0.15) is 0 Å². The molecule has 7 heteroatoms. The zero-order valence-corrected chi connectivity index (χ0v) is 12.2. The lowest BCUT2D eigenvalue weighted by molar-refractivity contribution is -0.385. The molecule has 0 spiro atoms. The number of carbonyl (C=O) groups is 1. The third-order valence-corrected chi connectivity index (χ3v) is 2.89. The van der Waals surface area contributed by atoms with Gasteiger partial charge in [-0.15, -0.1) is 0 Å². The monoisotopic (exact) mass is 280 g/mol. The molecule has 0 atom stereocenters. The van der Waals surface area contributed by atoms with Crippen LogP contribution in [0, 0.1) is 10.1 Å². The van der Waals surface area contributed by atoms with Gasteiger partial charge in [0.05, 0.1) is 10.5 Å². The highest BCUT2D eigenvalue weighted by Crippen LogP contribution is 2.20. The number of anilines is 1. The lowest BCUT2D eigenvalue weighted by Crippen LogP contribution is -2.43. The maximum atomic E-state index is 12.3. The van der Waals surface area contributed by atoms with Crippen molar-refractivity contribution in [2.45, 2.75) is 39.2 Å². The molecule has 0 aromatic carbocycles. The van der Waals surface area contributed by atoms with Crippen molar-refractivity contribution >= 4 is 17.4 Å². The number of nitro groups is 1. The molecule has 1 heterocycles. The Morgan fingerprint density at radius 2 is 2.15 bits per heavy atom. The Morgan fingerprint density at radius 3 is 2.65 bits per heavy atom. The summed E-state index contributed by atoms with van der Waals surface area (Å²) in [6.07, 6.45) is 2.87. The second kappa shape index (κ2) is 6.31. The van der Waals surface area contributed by atoms with E-state index < -0.39 is 4.92 Å². The summed E-state index contributed by atoms with van der Waals surface area (Å²) in [4.78, 5) is 26.4. The summed E-state index contributed by atoms with van der Waals surface area (Å²) in [7, 11) is 1.61. The summed E-state index contributed by atoms with van der Waals surface area (Å²) in [5, 5.41) is 16.4. The summed E-state index contributed by atoms with van der Waals surface area (Å²) in [6.45, 7) is 5.86. The number of hydrogen-bond acceptors (Lipinski definition) is 5. The first kappa shape index (κ1) is 15.9. The lowest BCUT2D eigenvalue weighted by Gasteiger charge is -2.26. The summed E-state index contributed by atoms with van der Waals surface area (Å²) < 4.78 is 0. The quantitative estimate of drug-likeness (QED) is 0.615. The molecule has 0 radical (unpaired) electrons. The van der Waals surface area contributed by atoms with E-state index in [4.69, 9.17) is 0 Å². The zero-order chi connectivity index (χ0) is 15.3. The van der Waals surface area contributed by atoms with Crippen LogP contribution in [0.15, 0.2) is 12.3 Å². The first-order chi connectivity index (χ1) is 9.30. The molecule has 0 bridgehead atoms. The minimum atomic E-state index is -0.569. The molecule has 0 saturated heterocycles. The maximum Gasteiger partial charge on any atom is 0.288 e. The second-order valence-electron chi connectivity index (χ2n) is 5.18. The highest BCUT2D eigenvalue weighted by atomic mass is 16.6. The van der Waals surface area contributed by atoms with Crippen molar-refractivity contribution < 1.29 is 9.72 Å². The molecule has 0 aliphatic carbocycles. The number of rotatable bonds is 6. The third-order valence-electron chi connectivity index (χ3n) is 2.89. The molecule has 0 unspecified atom stereocenters. The van der Waals surface area contributed by atoms with Crippen LogP contribution in [0.4, 0.5) is 11.5 Å². The molecule has 20 heavy (non-hydrogen) atoms. The minimum Gasteiger partial charge on any atom is -0.372 e. The lowest BCUT2D eigenvalue weighted by atomic mass is 9.98. The maximum absolute atomic E-state index is 12.3. The summed E-state index contributed by atoms with van der Waals surface area (Å²) in [5.74, 6) is -0.0515. The Morgan fingerprint density at radius 1 is 1.50 bits per heavy atom. The SMILES string of the molecule is CCCC(C)(C)NC(=O)c1cc([N+](=O)[O-])cnc1NC. The molecule has 0 aliphatic heterocycles. The van der Waals surface area contributed by atoms with E-state index >= 15 is 0 Å². The molecule has 1 rings (SSSR count). The van der Waals surface area contributed by atoms with Gasteiger partial charge < -0.3 is 10.6 Å². The number of amides is 1. The van der Waals surface area contributed by atoms with Gasteiger partial charge in [0.1, 0.15) is 12.0 Å². The average Bonchev–Trinajstić information content (AvgIpc) is 2.37. The Balaban J connectivity index is 3.07. The molecule has 2 N–H and O–H groups in total. The van der Waals surface area contributed by atoms with Crippen molar-refractivity contribution in [3.63, 3.8) is 0 Å². The fourth-order valence-corrected chi connectivity index (χ4v) is 1.99. The van der Waals surface area contributed by atoms with E-state index in [0.717, 1.165) is 19.0 Å².